The Balaban J connectivity index is 1.85. The van der Waals surface area contributed by atoms with Crippen molar-refractivity contribution in [2.75, 3.05) is 0 Å². The summed E-state index contributed by atoms with van der Waals surface area (Å²) < 4.78 is 11.9. The van der Waals surface area contributed by atoms with Crippen LogP contribution in [0, 0.1) is 0 Å². The van der Waals surface area contributed by atoms with Crippen LogP contribution in [0.1, 0.15) is 35.2 Å². The summed E-state index contributed by atoms with van der Waals surface area (Å²) in [5, 5.41) is 20.3. The fraction of sp³-hybridized carbons (Fsp3) is 0.250. The monoisotopic (exact) mass is 370 g/mol. The van der Waals surface area contributed by atoms with Crippen LogP contribution in [0.2, 0.25) is 5.02 Å². The molecule has 1 aromatic carbocycles. The van der Waals surface area contributed by atoms with Crippen molar-refractivity contribution in [1.82, 2.24) is 0 Å². The summed E-state index contributed by atoms with van der Waals surface area (Å²) in [5.74, 6) is 0.615. The van der Waals surface area contributed by atoms with Gasteiger partial charge in [0.05, 0.1) is 22.4 Å². The molecule has 2 atom stereocenters. The van der Waals surface area contributed by atoms with Crippen LogP contribution in [0.5, 0.6) is 0 Å². The second-order valence-electron chi connectivity index (χ2n) is 6.77. The number of ether oxygens (including phenoxy) is 2. The van der Waals surface area contributed by atoms with Crippen LogP contribution in [-0.2, 0) is 15.1 Å². The molecule has 2 heterocycles. The van der Waals surface area contributed by atoms with E-state index in [-0.39, 0.29) is 5.76 Å². The van der Waals surface area contributed by atoms with Gasteiger partial charge in [0.1, 0.15) is 11.5 Å². The number of rotatable bonds is 0. The van der Waals surface area contributed by atoms with Crippen molar-refractivity contribution in [1.29, 1.82) is 0 Å². The molecule has 0 amide bonds. The Bertz CT molecular complexity index is 984. The van der Waals surface area contributed by atoms with Crippen molar-refractivity contribution >= 4 is 17.6 Å². The highest BCUT2D eigenvalue weighted by Crippen LogP contribution is 2.57. The van der Waals surface area contributed by atoms with Gasteiger partial charge in [-0.25, -0.2) is 4.79 Å². The first kappa shape index (κ1) is 15.7. The number of hydrogen-bond donors (Lipinski definition) is 2. The fourth-order valence-electron chi connectivity index (χ4n) is 4.18. The van der Waals surface area contributed by atoms with E-state index in [4.69, 9.17) is 21.1 Å². The van der Waals surface area contributed by atoms with Crippen LogP contribution in [0.15, 0.2) is 64.9 Å². The van der Waals surface area contributed by atoms with Crippen LogP contribution >= 0.6 is 11.6 Å². The van der Waals surface area contributed by atoms with Crippen LogP contribution in [0.4, 0.5) is 0 Å². The normalized spacial score (nSPS) is 29.1. The van der Waals surface area contributed by atoms with Crippen molar-refractivity contribution < 1.29 is 24.5 Å². The molecule has 26 heavy (non-hydrogen) atoms. The van der Waals surface area contributed by atoms with E-state index in [0.29, 0.717) is 52.5 Å². The first-order chi connectivity index (χ1) is 12.5. The van der Waals surface area contributed by atoms with E-state index in [1.165, 1.54) is 0 Å². The van der Waals surface area contributed by atoms with E-state index in [1.807, 2.05) is 12.1 Å². The number of hydrogen-bond acceptors (Lipinski definition) is 5. The first-order valence-electron chi connectivity index (χ1n) is 8.45. The highest BCUT2D eigenvalue weighted by atomic mass is 35.5. The van der Waals surface area contributed by atoms with E-state index >= 15 is 0 Å². The van der Waals surface area contributed by atoms with Crippen molar-refractivity contribution in [3.63, 3.8) is 0 Å². The van der Waals surface area contributed by atoms with Gasteiger partial charge in [0.25, 0.3) is 0 Å². The summed E-state index contributed by atoms with van der Waals surface area (Å²) >= 11 is 6.29. The van der Waals surface area contributed by atoms with E-state index in [2.05, 4.69) is 0 Å². The summed E-state index contributed by atoms with van der Waals surface area (Å²) in [7, 11) is 0. The molecule has 2 N–H and O–H groups in total. The minimum Gasteiger partial charge on any atom is -0.512 e. The molecule has 0 fully saturated rings. The maximum Gasteiger partial charge on any atom is 0.341 e. The number of halogens is 1. The predicted molar refractivity (Wildman–Crippen MR) is 93.4 cm³/mol. The molecular formula is C20H15ClO5. The predicted octanol–water partition coefficient (Wildman–Crippen LogP) is 3.80. The van der Waals surface area contributed by atoms with Gasteiger partial charge in [-0.3, -0.25) is 0 Å². The largest absolute Gasteiger partial charge is 0.512 e. The molecule has 132 valence electrons. The minimum atomic E-state index is -1.13. The van der Waals surface area contributed by atoms with Gasteiger partial charge in [-0.2, -0.15) is 0 Å². The average molecular weight is 371 g/mol. The third kappa shape index (κ3) is 1.93. The summed E-state index contributed by atoms with van der Waals surface area (Å²) in [6.07, 6.45) is 5.67. The quantitative estimate of drug-likeness (QED) is 0.679. The van der Waals surface area contributed by atoms with E-state index in [1.54, 1.807) is 24.3 Å². The summed E-state index contributed by atoms with van der Waals surface area (Å²) in [6.45, 7) is 0. The summed E-state index contributed by atoms with van der Waals surface area (Å²) in [5.41, 5.74) is 1.38. The van der Waals surface area contributed by atoms with Gasteiger partial charge in [-0.05, 0) is 25.0 Å². The lowest BCUT2D eigenvalue weighted by Crippen LogP contribution is -2.39. The Morgan fingerprint density at radius 1 is 1.27 bits per heavy atom. The second kappa shape index (κ2) is 5.25. The number of fused-ring (bicyclic) bond motifs is 5. The van der Waals surface area contributed by atoms with Gasteiger partial charge in [-0.15, -0.1) is 0 Å². The Morgan fingerprint density at radius 3 is 2.96 bits per heavy atom. The molecule has 1 aromatic rings. The molecule has 0 aromatic heterocycles. The highest BCUT2D eigenvalue weighted by molar-refractivity contribution is 6.34. The lowest BCUT2D eigenvalue weighted by Gasteiger charge is -2.42. The fourth-order valence-corrected chi connectivity index (χ4v) is 4.43. The molecule has 5 nitrogen and oxygen atoms in total. The molecule has 5 rings (SSSR count). The van der Waals surface area contributed by atoms with Crippen LogP contribution in [-0.4, -0.2) is 22.3 Å². The molecule has 1 spiro atoms. The zero-order chi connectivity index (χ0) is 18.1. The molecule has 2 aliphatic heterocycles. The van der Waals surface area contributed by atoms with Crippen molar-refractivity contribution in [2.45, 2.75) is 31.0 Å². The lowest BCUT2D eigenvalue weighted by molar-refractivity contribution is 0.0137. The maximum absolute atomic E-state index is 12.7. The van der Waals surface area contributed by atoms with Crippen LogP contribution in [0.25, 0.3) is 0 Å². The smallest absolute Gasteiger partial charge is 0.341 e. The number of aliphatic hydroxyl groups is 2. The van der Waals surface area contributed by atoms with Crippen molar-refractivity contribution in [2.24, 2.45) is 0 Å². The Morgan fingerprint density at radius 2 is 2.12 bits per heavy atom. The Labute approximate surface area is 154 Å². The Hall–Kier alpha value is -2.50. The molecular weight excluding hydrogens is 356 g/mol. The number of carbonyl (C=O) groups excluding carboxylic acids is 1. The molecule has 2 aliphatic carbocycles. The molecule has 4 aliphatic rings. The standard InChI is InChI=1S/C20H15ClO5/c21-15-3-1-2-14-18(15)19(24)26-20(14)12-6-4-10(22)8-16(12)25-17-9-11(23)5-7-13(17)20/h1-3,6,8-10,22-23H,4-5,7H2. The maximum atomic E-state index is 12.7. The van der Waals surface area contributed by atoms with Gasteiger partial charge >= 0.3 is 5.97 Å². The van der Waals surface area contributed by atoms with Gasteiger partial charge in [0, 0.05) is 29.2 Å². The third-order valence-electron chi connectivity index (χ3n) is 5.27. The number of allylic oxidation sites excluding steroid dienone is 2. The van der Waals surface area contributed by atoms with Crippen molar-refractivity contribution in [3.8, 4) is 0 Å². The van der Waals surface area contributed by atoms with Gasteiger partial charge in [0.2, 0.25) is 0 Å². The third-order valence-corrected chi connectivity index (χ3v) is 5.58. The van der Waals surface area contributed by atoms with E-state index < -0.39 is 17.7 Å². The lowest BCUT2D eigenvalue weighted by atomic mass is 9.72. The molecule has 0 bridgehead atoms. The van der Waals surface area contributed by atoms with Gasteiger partial charge in [0.15, 0.2) is 5.60 Å². The molecule has 0 radical (unpaired) electrons. The van der Waals surface area contributed by atoms with E-state index in [9.17, 15) is 15.0 Å². The molecule has 2 unspecified atom stereocenters. The first-order valence-corrected chi connectivity index (χ1v) is 8.83. The Kier molecular flexibility index (Phi) is 3.18. The summed E-state index contributed by atoms with van der Waals surface area (Å²) in [4.78, 5) is 12.7. The average Bonchev–Trinajstić information content (AvgIpc) is 2.89. The second-order valence-corrected chi connectivity index (χ2v) is 7.17. The number of aliphatic hydroxyl groups excluding tert-OH is 2. The van der Waals surface area contributed by atoms with Crippen molar-refractivity contribution in [3.05, 3.63) is 81.0 Å². The van der Waals surface area contributed by atoms with Crippen LogP contribution < -0.4 is 0 Å². The van der Waals surface area contributed by atoms with Crippen LogP contribution in [0.3, 0.4) is 0 Å². The zero-order valence-corrected chi connectivity index (χ0v) is 14.4. The number of carbonyl (C=O) groups is 1. The number of benzene rings is 1. The van der Waals surface area contributed by atoms with Gasteiger partial charge in [-0.1, -0.05) is 29.8 Å². The highest BCUT2D eigenvalue weighted by Gasteiger charge is 2.57. The SMILES string of the molecule is O=C1OC2(C3=CCC(O)C=C3OC3=C2CCC(O)=C3)c2cccc(Cl)c21. The molecule has 0 saturated carbocycles. The molecule has 0 saturated heterocycles. The minimum absolute atomic E-state index is 0.207. The van der Waals surface area contributed by atoms with Gasteiger partial charge < -0.3 is 19.7 Å². The number of esters is 1. The zero-order valence-electron chi connectivity index (χ0n) is 13.7. The molecule has 6 heteroatoms. The van der Waals surface area contributed by atoms with E-state index in [0.717, 1.165) is 5.57 Å². The topological polar surface area (TPSA) is 76.0 Å². The summed E-state index contributed by atoms with van der Waals surface area (Å²) in [6, 6.07) is 5.29.